The molecule has 2 unspecified atom stereocenters. The quantitative estimate of drug-likeness (QED) is 0.338. The monoisotopic (exact) mass is 446 g/mol. The molecule has 0 bridgehead atoms. The fraction of sp³-hybridized carbons (Fsp3) is 0.200. The van der Waals surface area contributed by atoms with E-state index in [0.29, 0.717) is 16.3 Å². The Bertz CT molecular complexity index is 1040. The third-order valence-corrected chi connectivity index (χ3v) is 4.71. The first-order valence-electron chi connectivity index (χ1n) is 9.13. The topological polar surface area (TPSA) is 140 Å². The summed E-state index contributed by atoms with van der Waals surface area (Å²) in [5.41, 5.74) is 0.331. The molecule has 0 radical (unpaired) electrons. The van der Waals surface area contributed by atoms with Crippen LogP contribution >= 0.6 is 11.6 Å². The fourth-order valence-electron chi connectivity index (χ4n) is 2.79. The van der Waals surface area contributed by atoms with Gasteiger partial charge in [-0.15, -0.1) is 0 Å². The van der Waals surface area contributed by atoms with Crippen LogP contribution in [0, 0.1) is 10.1 Å². The third-order valence-electron chi connectivity index (χ3n) is 4.46. The van der Waals surface area contributed by atoms with Crippen molar-refractivity contribution in [2.75, 3.05) is 6.61 Å². The van der Waals surface area contributed by atoms with Gasteiger partial charge in [-0.1, -0.05) is 11.6 Å². The number of benzene rings is 2. The molecule has 11 heteroatoms. The van der Waals surface area contributed by atoms with Crippen LogP contribution < -0.4 is 10.1 Å². The van der Waals surface area contributed by atoms with Gasteiger partial charge >= 0.3 is 0 Å². The highest BCUT2D eigenvalue weighted by Crippen LogP contribution is 2.21. The van der Waals surface area contributed by atoms with E-state index in [1.165, 1.54) is 41.2 Å². The van der Waals surface area contributed by atoms with Gasteiger partial charge in [-0.3, -0.25) is 14.9 Å². The van der Waals surface area contributed by atoms with Crippen molar-refractivity contribution >= 4 is 23.2 Å². The second kappa shape index (κ2) is 10.0. The zero-order valence-corrected chi connectivity index (χ0v) is 16.8. The van der Waals surface area contributed by atoms with E-state index in [1.54, 1.807) is 24.3 Å². The number of nitro benzene ring substituents is 1. The Kier molecular flexibility index (Phi) is 7.19. The predicted octanol–water partition coefficient (Wildman–Crippen LogP) is 2.31. The first kappa shape index (κ1) is 22.2. The summed E-state index contributed by atoms with van der Waals surface area (Å²) in [6, 6.07) is 12.3. The first-order valence-corrected chi connectivity index (χ1v) is 9.51. The summed E-state index contributed by atoms with van der Waals surface area (Å²) in [5.74, 6) is -0.0506. The van der Waals surface area contributed by atoms with Crippen LogP contribution in [0.2, 0.25) is 5.02 Å². The van der Waals surface area contributed by atoms with Crippen LogP contribution in [0.4, 0.5) is 5.69 Å². The van der Waals surface area contributed by atoms with Gasteiger partial charge in [0.25, 0.3) is 11.6 Å². The van der Waals surface area contributed by atoms with Crippen molar-refractivity contribution in [3.8, 4) is 5.75 Å². The summed E-state index contributed by atoms with van der Waals surface area (Å²) >= 11 is 5.83. The number of aromatic nitrogens is 2. The van der Waals surface area contributed by atoms with E-state index >= 15 is 0 Å². The van der Waals surface area contributed by atoms with Crippen molar-refractivity contribution in [2.45, 2.75) is 18.9 Å². The van der Waals surface area contributed by atoms with E-state index in [4.69, 9.17) is 16.3 Å². The molecule has 0 aliphatic carbocycles. The Hall–Kier alpha value is -3.47. The summed E-state index contributed by atoms with van der Waals surface area (Å²) in [7, 11) is 0. The van der Waals surface area contributed by atoms with Gasteiger partial charge in [-0.25, -0.2) is 4.68 Å². The minimum absolute atomic E-state index is 0.0495. The van der Waals surface area contributed by atoms with Crippen LogP contribution in [-0.2, 0) is 6.73 Å². The van der Waals surface area contributed by atoms with E-state index in [-0.39, 0.29) is 18.1 Å². The van der Waals surface area contributed by atoms with Gasteiger partial charge in [0.05, 0.1) is 17.6 Å². The minimum atomic E-state index is -1.28. The van der Waals surface area contributed by atoms with Crippen LogP contribution in [0.1, 0.15) is 22.2 Å². The Balaban J connectivity index is 1.66. The number of nitro groups is 1. The Morgan fingerprint density at radius 3 is 2.48 bits per heavy atom. The predicted molar refractivity (Wildman–Crippen MR) is 111 cm³/mol. The SMILES string of the molecule is O=C(NC(CO)C(O)c1ccc([N+](=O)[O-])cc1)c1ccnn1COc1ccc(Cl)cc1. The first-order chi connectivity index (χ1) is 14.9. The highest BCUT2D eigenvalue weighted by Gasteiger charge is 2.24. The zero-order valence-electron chi connectivity index (χ0n) is 16.1. The molecular weight excluding hydrogens is 428 g/mol. The van der Waals surface area contributed by atoms with Gasteiger partial charge in [0.15, 0.2) is 6.73 Å². The van der Waals surface area contributed by atoms with Crippen molar-refractivity contribution in [2.24, 2.45) is 0 Å². The number of aliphatic hydroxyl groups excluding tert-OH is 2. The molecule has 2 atom stereocenters. The lowest BCUT2D eigenvalue weighted by atomic mass is 10.0. The van der Waals surface area contributed by atoms with E-state index in [9.17, 15) is 25.1 Å². The van der Waals surface area contributed by atoms with Crippen molar-refractivity contribution < 1.29 is 24.7 Å². The molecule has 0 fully saturated rings. The molecule has 3 aromatic rings. The molecule has 162 valence electrons. The smallest absolute Gasteiger partial charge is 0.270 e. The van der Waals surface area contributed by atoms with Gasteiger partial charge in [-0.2, -0.15) is 5.10 Å². The molecule has 0 aliphatic heterocycles. The number of hydrogen-bond donors (Lipinski definition) is 3. The highest BCUT2D eigenvalue weighted by molar-refractivity contribution is 6.30. The van der Waals surface area contributed by atoms with Crippen LogP contribution in [0.15, 0.2) is 60.8 Å². The van der Waals surface area contributed by atoms with Gasteiger partial charge in [0.2, 0.25) is 0 Å². The van der Waals surface area contributed by atoms with E-state index in [0.717, 1.165) is 0 Å². The number of carbonyl (C=O) groups is 1. The highest BCUT2D eigenvalue weighted by atomic mass is 35.5. The van der Waals surface area contributed by atoms with E-state index in [2.05, 4.69) is 10.4 Å². The lowest BCUT2D eigenvalue weighted by Gasteiger charge is -2.22. The number of halogens is 1. The summed E-state index contributed by atoms with van der Waals surface area (Å²) < 4.78 is 6.90. The maximum atomic E-state index is 12.7. The van der Waals surface area contributed by atoms with Crippen LogP contribution in [0.25, 0.3) is 0 Å². The minimum Gasteiger partial charge on any atom is -0.471 e. The summed E-state index contributed by atoms with van der Waals surface area (Å²) in [5, 5.41) is 38.1. The summed E-state index contributed by atoms with van der Waals surface area (Å²) in [6.07, 6.45) is 0.136. The van der Waals surface area contributed by atoms with E-state index in [1.807, 2.05) is 0 Å². The van der Waals surface area contributed by atoms with Crippen LogP contribution in [0.5, 0.6) is 5.75 Å². The fourth-order valence-corrected chi connectivity index (χ4v) is 2.91. The molecule has 0 saturated carbocycles. The average molecular weight is 447 g/mol. The van der Waals surface area contributed by atoms with Gasteiger partial charge in [-0.05, 0) is 48.0 Å². The molecule has 2 aromatic carbocycles. The van der Waals surface area contributed by atoms with Crippen molar-refractivity contribution in [3.63, 3.8) is 0 Å². The molecule has 0 saturated heterocycles. The number of nitrogens with one attached hydrogen (secondary N) is 1. The lowest BCUT2D eigenvalue weighted by Crippen LogP contribution is -2.42. The molecule has 1 amide bonds. The van der Waals surface area contributed by atoms with Crippen molar-refractivity contribution in [3.05, 3.63) is 87.2 Å². The maximum absolute atomic E-state index is 12.7. The molecule has 1 heterocycles. The van der Waals surface area contributed by atoms with Crippen molar-refractivity contribution in [1.29, 1.82) is 0 Å². The van der Waals surface area contributed by atoms with Crippen LogP contribution in [0.3, 0.4) is 0 Å². The standard InChI is InChI=1S/C20H19ClN4O6/c21-14-3-7-16(8-4-14)31-12-24-18(9-10-22-24)20(28)23-17(11-26)19(27)13-1-5-15(6-2-13)25(29)30/h1-10,17,19,26-27H,11-12H2,(H,23,28). The summed E-state index contributed by atoms with van der Waals surface area (Å²) in [4.78, 5) is 22.9. The number of rotatable bonds is 9. The van der Waals surface area contributed by atoms with Gasteiger partial charge in [0.1, 0.15) is 17.5 Å². The third kappa shape index (κ3) is 5.57. The second-order valence-corrected chi connectivity index (χ2v) is 6.94. The lowest BCUT2D eigenvalue weighted by molar-refractivity contribution is -0.384. The molecule has 0 spiro atoms. The number of aliphatic hydroxyl groups is 2. The van der Waals surface area contributed by atoms with Gasteiger partial charge < -0.3 is 20.3 Å². The van der Waals surface area contributed by atoms with Crippen molar-refractivity contribution in [1.82, 2.24) is 15.1 Å². The second-order valence-electron chi connectivity index (χ2n) is 6.50. The zero-order chi connectivity index (χ0) is 22.4. The molecule has 1 aromatic heterocycles. The number of nitrogens with zero attached hydrogens (tertiary/aromatic N) is 3. The summed E-state index contributed by atoms with van der Waals surface area (Å²) in [6.45, 7) is -0.606. The Morgan fingerprint density at radius 2 is 1.87 bits per heavy atom. The number of non-ortho nitro benzene ring substituents is 1. The molecular formula is C20H19ClN4O6. The van der Waals surface area contributed by atoms with Crippen LogP contribution in [-0.4, -0.2) is 43.5 Å². The normalized spacial score (nSPS) is 12.7. The Labute approximate surface area is 181 Å². The Morgan fingerprint density at radius 1 is 1.19 bits per heavy atom. The van der Waals surface area contributed by atoms with E-state index < -0.39 is 29.6 Å². The average Bonchev–Trinajstić information content (AvgIpc) is 3.25. The number of amides is 1. The molecule has 3 rings (SSSR count). The molecule has 0 aliphatic rings. The number of hydrogen-bond acceptors (Lipinski definition) is 7. The van der Waals surface area contributed by atoms with Gasteiger partial charge in [0, 0.05) is 23.4 Å². The molecule has 3 N–H and O–H groups in total. The number of carbonyl (C=O) groups excluding carboxylic acids is 1. The number of ether oxygens (including phenoxy) is 1. The molecule has 31 heavy (non-hydrogen) atoms. The molecule has 10 nitrogen and oxygen atoms in total. The largest absolute Gasteiger partial charge is 0.471 e. The maximum Gasteiger partial charge on any atom is 0.270 e.